The molecule has 0 radical (unpaired) electrons. The molecule has 0 aromatic heterocycles. The van der Waals surface area contributed by atoms with Crippen molar-refractivity contribution < 1.29 is 9.50 Å². The lowest BCUT2D eigenvalue weighted by Gasteiger charge is -2.23. The van der Waals surface area contributed by atoms with Gasteiger partial charge < -0.3 is 5.11 Å². The summed E-state index contributed by atoms with van der Waals surface area (Å²) in [6, 6.07) is 3.29. The van der Waals surface area contributed by atoms with E-state index in [-0.39, 0.29) is 5.02 Å². The fourth-order valence-electron chi connectivity index (χ4n) is 2.11. The zero-order valence-corrected chi connectivity index (χ0v) is 10.4. The lowest BCUT2D eigenvalue weighted by molar-refractivity contribution is 0.0408. The van der Waals surface area contributed by atoms with Crippen molar-refractivity contribution in [3.05, 3.63) is 33.0 Å². The molecular weight excluding hydrogens is 282 g/mol. The third-order valence-electron chi connectivity index (χ3n) is 2.97. The third kappa shape index (κ3) is 1.93. The second-order valence-corrected chi connectivity index (χ2v) is 5.19. The average molecular weight is 294 g/mol. The second-order valence-electron chi connectivity index (χ2n) is 3.96. The summed E-state index contributed by atoms with van der Waals surface area (Å²) in [4.78, 5) is 0. The highest BCUT2D eigenvalue weighted by Gasteiger charge is 2.36. The second kappa shape index (κ2) is 4.04. The number of benzene rings is 1. The Morgan fingerprint density at radius 3 is 2.53 bits per heavy atom. The predicted octanol–water partition coefficient (Wildman–Crippen LogP) is 4.00. The van der Waals surface area contributed by atoms with Crippen LogP contribution in [-0.4, -0.2) is 5.11 Å². The molecular formula is C11H11BrClFO. The Hall–Kier alpha value is -0.120. The van der Waals surface area contributed by atoms with Gasteiger partial charge in [-0.3, -0.25) is 0 Å². The van der Waals surface area contributed by atoms with Gasteiger partial charge in [0, 0.05) is 10.0 Å². The molecule has 15 heavy (non-hydrogen) atoms. The van der Waals surface area contributed by atoms with Crippen molar-refractivity contribution in [2.24, 2.45) is 0 Å². The highest BCUT2D eigenvalue weighted by molar-refractivity contribution is 9.10. The Kier molecular flexibility index (Phi) is 3.06. The molecule has 0 saturated heterocycles. The minimum absolute atomic E-state index is 0.0489. The van der Waals surface area contributed by atoms with Gasteiger partial charge in [0.05, 0.1) is 10.6 Å². The smallest absolute Gasteiger partial charge is 0.149 e. The van der Waals surface area contributed by atoms with Crippen molar-refractivity contribution in [2.75, 3.05) is 0 Å². The summed E-state index contributed by atoms with van der Waals surface area (Å²) in [7, 11) is 0. The Morgan fingerprint density at radius 2 is 1.93 bits per heavy atom. The van der Waals surface area contributed by atoms with Gasteiger partial charge in [-0.05, 0) is 34.8 Å². The van der Waals surface area contributed by atoms with E-state index in [1.54, 1.807) is 12.1 Å². The monoisotopic (exact) mass is 292 g/mol. The van der Waals surface area contributed by atoms with Gasteiger partial charge in [-0.2, -0.15) is 0 Å². The molecule has 1 aliphatic rings. The lowest BCUT2D eigenvalue weighted by atomic mass is 9.92. The van der Waals surface area contributed by atoms with Crippen LogP contribution in [0.1, 0.15) is 31.2 Å². The zero-order valence-electron chi connectivity index (χ0n) is 8.06. The van der Waals surface area contributed by atoms with Crippen LogP contribution in [-0.2, 0) is 5.60 Å². The minimum Gasteiger partial charge on any atom is -0.385 e. The normalized spacial score (nSPS) is 19.5. The van der Waals surface area contributed by atoms with Crippen LogP contribution in [0.5, 0.6) is 0 Å². The number of hydrogen-bond acceptors (Lipinski definition) is 1. The molecule has 0 unspecified atom stereocenters. The number of halogens is 3. The fraction of sp³-hybridized carbons (Fsp3) is 0.455. The van der Waals surface area contributed by atoms with Crippen LogP contribution >= 0.6 is 27.5 Å². The maximum atomic E-state index is 13.8. The van der Waals surface area contributed by atoms with Gasteiger partial charge in [-0.15, -0.1) is 0 Å². The molecule has 1 aliphatic carbocycles. The van der Waals surface area contributed by atoms with E-state index < -0.39 is 11.4 Å². The van der Waals surface area contributed by atoms with Crippen LogP contribution in [0.25, 0.3) is 0 Å². The molecule has 1 nitrogen and oxygen atoms in total. The van der Waals surface area contributed by atoms with Gasteiger partial charge >= 0.3 is 0 Å². The maximum absolute atomic E-state index is 13.8. The SMILES string of the molecule is OC1(c2ccc(Br)c(Cl)c2F)CCCC1. The molecule has 1 aromatic carbocycles. The highest BCUT2D eigenvalue weighted by atomic mass is 79.9. The first kappa shape index (κ1) is 11.4. The predicted molar refractivity (Wildman–Crippen MR) is 61.5 cm³/mol. The van der Waals surface area contributed by atoms with E-state index in [1.165, 1.54) is 0 Å². The van der Waals surface area contributed by atoms with Gasteiger partial charge in [0.2, 0.25) is 0 Å². The summed E-state index contributed by atoms with van der Waals surface area (Å²) in [5, 5.41) is 10.3. The summed E-state index contributed by atoms with van der Waals surface area (Å²) >= 11 is 8.94. The van der Waals surface area contributed by atoms with E-state index in [1.807, 2.05) is 0 Å². The Bertz CT molecular complexity index is 388. The first-order valence-electron chi connectivity index (χ1n) is 4.91. The topological polar surface area (TPSA) is 20.2 Å². The van der Waals surface area contributed by atoms with Gasteiger partial charge in [0.25, 0.3) is 0 Å². The van der Waals surface area contributed by atoms with E-state index in [4.69, 9.17) is 11.6 Å². The third-order valence-corrected chi connectivity index (χ3v) is 4.23. The Balaban J connectivity index is 2.49. The van der Waals surface area contributed by atoms with E-state index in [0.717, 1.165) is 12.8 Å². The van der Waals surface area contributed by atoms with Crippen molar-refractivity contribution >= 4 is 27.5 Å². The molecule has 1 N–H and O–H groups in total. The first-order chi connectivity index (χ1) is 7.04. The van der Waals surface area contributed by atoms with Gasteiger partial charge in [0.15, 0.2) is 0 Å². The van der Waals surface area contributed by atoms with E-state index in [0.29, 0.717) is 22.9 Å². The van der Waals surface area contributed by atoms with Crippen molar-refractivity contribution in [1.29, 1.82) is 0 Å². The molecule has 0 heterocycles. The first-order valence-corrected chi connectivity index (χ1v) is 6.08. The van der Waals surface area contributed by atoms with Crippen LogP contribution in [0.4, 0.5) is 4.39 Å². The van der Waals surface area contributed by atoms with Crippen LogP contribution in [0.15, 0.2) is 16.6 Å². The Labute approximate surface area is 101 Å². The lowest BCUT2D eigenvalue weighted by Crippen LogP contribution is -2.22. The number of rotatable bonds is 1. The van der Waals surface area contributed by atoms with Gasteiger partial charge in [0.1, 0.15) is 5.82 Å². The molecule has 2 rings (SSSR count). The average Bonchev–Trinajstić information content (AvgIpc) is 2.62. The molecule has 0 atom stereocenters. The minimum atomic E-state index is -1.02. The van der Waals surface area contributed by atoms with Crippen molar-refractivity contribution in [2.45, 2.75) is 31.3 Å². The molecule has 0 amide bonds. The van der Waals surface area contributed by atoms with Crippen molar-refractivity contribution in [3.63, 3.8) is 0 Å². The summed E-state index contributed by atoms with van der Waals surface area (Å²) in [5.41, 5.74) is -0.692. The van der Waals surface area contributed by atoms with Gasteiger partial charge in [-0.25, -0.2) is 4.39 Å². The highest BCUT2D eigenvalue weighted by Crippen LogP contribution is 2.42. The summed E-state index contributed by atoms with van der Waals surface area (Å²) in [6.07, 6.45) is 3.09. The summed E-state index contributed by atoms with van der Waals surface area (Å²) in [5.74, 6) is -0.504. The molecule has 1 saturated carbocycles. The largest absolute Gasteiger partial charge is 0.385 e. The van der Waals surface area contributed by atoms with Crippen LogP contribution in [0.2, 0.25) is 5.02 Å². The van der Waals surface area contributed by atoms with E-state index >= 15 is 0 Å². The number of aliphatic hydroxyl groups is 1. The molecule has 1 aromatic rings. The van der Waals surface area contributed by atoms with E-state index in [2.05, 4.69) is 15.9 Å². The molecule has 1 fully saturated rings. The van der Waals surface area contributed by atoms with Crippen LogP contribution in [0.3, 0.4) is 0 Å². The molecule has 82 valence electrons. The summed E-state index contributed by atoms with van der Waals surface area (Å²) < 4.78 is 14.4. The molecule has 0 spiro atoms. The van der Waals surface area contributed by atoms with Crippen LogP contribution < -0.4 is 0 Å². The molecule has 0 aliphatic heterocycles. The zero-order chi connectivity index (χ0) is 11.1. The molecule has 0 bridgehead atoms. The van der Waals surface area contributed by atoms with E-state index in [9.17, 15) is 9.50 Å². The fourth-order valence-corrected chi connectivity index (χ4v) is 2.59. The van der Waals surface area contributed by atoms with Crippen LogP contribution in [0, 0.1) is 5.82 Å². The number of hydrogen-bond donors (Lipinski definition) is 1. The van der Waals surface area contributed by atoms with Crippen molar-refractivity contribution in [1.82, 2.24) is 0 Å². The molecule has 4 heteroatoms. The standard InChI is InChI=1S/C11H11BrClFO/c12-8-4-3-7(10(14)9(8)13)11(15)5-1-2-6-11/h3-4,15H,1-2,5-6H2. The summed E-state index contributed by atoms with van der Waals surface area (Å²) in [6.45, 7) is 0. The maximum Gasteiger partial charge on any atom is 0.149 e. The van der Waals surface area contributed by atoms with Crippen molar-refractivity contribution in [3.8, 4) is 0 Å². The van der Waals surface area contributed by atoms with Gasteiger partial charge in [-0.1, -0.05) is 30.5 Å². The quantitative estimate of drug-likeness (QED) is 0.776. The Morgan fingerprint density at radius 1 is 1.33 bits per heavy atom.